The van der Waals surface area contributed by atoms with Gasteiger partial charge in [0.15, 0.2) is 0 Å². The first kappa shape index (κ1) is 8.10. The highest BCUT2D eigenvalue weighted by molar-refractivity contribution is 5.70. The number of aromatic amines is 2. The molecule has 1 aromatic rings. The molecular weight excluding hydrogens is 172 g/mol. The number of hydrogen-bond donors (Lipinski definition) is 3. The molecule has 1 aromatic heterocycles. The van der Waals surface area contributed by atoms with Crippen LogP contribution in [0, 0.1) is 5.92 Å². The third-order valence-electron chi connectivity index (χ3n) is 2.44. The molecular formula is C8H10N2O3. The molecule has 0 amide bonds. The number of imidazole rings is 1. The predicted octanol–water partition coefficient (Wildman–Crippen LogP) is -0.108. The molecule has 0 aromatic carbocycles. The van der Waals surface area contributed by atoms with Crippen molar-refractivity contribution in [2.45, 2.75) is 19.3 Å². The maximum Gasteiger partial charge on any atom is 0.323 e. The van der Waals surface area contributed by atoms with Crippen LogP contribution in [0.2, 0.25) is 0 Å². The van der Waals surface area contributed by atoms with Crippen molar-refractivity contribution in [1.82, 2.24) is 9.97 Å². The van der Waals surface area contributed by atoms with Crippen LogP contribution in [-0.2, 0) is 17.6 Å². The summed E-state index contributed by atoms with van der Waals surface area (Å²) >= 11 is 0. The van der Waals surface area contributed by atoms with E-state index < -0.39 is 5.97 Å². The van der Waals surface area contributed by atoms with E-state index in [2.05, 4.69) is 9.97 Å². The van der Waals surface area contributed by atoms with E-state index in [1.807, 2.05) is 0 Å². The molecule has 1 aliphatic carbocycles. The van der Waals surface area contributed by atoms with Gasteiger partial charge in [-0.1, -0.05) is 0 Å². The Hall–Kier alpha value is -1.52. The number of aromatic nitrogens is 2. The van der Waals surface area contributed by atoms with Gasteiger partial charge in [0.1, 0.15) is 0 Å². The van der Waals surface area contributed by atoms with Crippen LogP contribution in [0.1, 0.15) is 17.8 Å². The summed E-state index contributed by atoms with van der Waals surface area (Å²) in [5.41, 5.74) is 1.38. The van der Waals surface area contributed by atoms with Gasteiger partial charge in [0, 0.05) is 17.8 Å². The van der Waals surface area contributed by atoms with E-state index in [9.17, 15) is 9.59 Å². The van der Waals surface area contributed by atoms with Crippen molar-refractivity contribution in [3.63, 3.8) is 0 Å². The molecule has 0 fully saturated rings. The van der Waals surface area contributed by atoms with E-state index in [-0.39, 0.29) is 11.6 Å². The highest BCUT2D eigenvalue weighted by Gasteiger charge is 2.25. The molecule has 0 bridgehead atoms. The molecule has 1 heterocycles. The molecule has 0 saturated carbocycles. The Morgan fingerprint density at radius 3 is 2.77 bits per heavy atom. The second-order valence-corrected chi connectivity index (χ2v) is 3.31. The summed E-state index contributed by atoms with van der Waals surface area (Å²) in [6, 6.07) is 0. The Balaban J connectivity index is 2.29. The minimum atomic E-state index is -0.785. The SMILES string of the molecule is O=C(O)C1CCc2[nH]c(=O)[nH]c2C1. The zero-order valence-corrected chi connectivity index (χ0v) is 6.96. The zero-order chi connectivity index (χ0) is 9.42. The third kappa shape index (κ3) is 1.37. The molecule has 0 aliphatic heterocycles. The number of carboxylic acid groups (broad SMARTS) is 1. The van der Waals surface area contributed by atoms with E-state index >= 15 is 0 Å². The van der Waals surface area contributed by atoms with Crippen LogP contribution in [0.5, 0.6) is 0 Å². The molecule has 1 aliphatic rings. The fourth-order valence-electron chi connectivity index (χ4n) is 1.72. The lowest BCUT2D eigenvalue weighted by molar-refractivity contribution is -0.142. The Labute approximate surface area is 73.8 Å². The summed E-state index contributed by atoms with van der Waals surface area (Å²) in [5.74, 6) is -1.13. The average molecular weight is 182 g/mol. The maximum absolute atomic E-state index is 10.9. The van der Waals surface area contributed by atoms with Gasteiger partial charge in [-0.25, -0.2) is 4.79 Å². The molecule has 2 rings (SSSR count). The fourth-order valence-corrected chi connectivity index (χ4v) is 1.72. The topological polar surface area (TPSA) is 85.9 Å². The molecule has 5 heteroatoms. The first-order valence-corrected chi connectivity index (χ1v) is 4.19. The van der Waals surface area contributed by atoms with Gasteiger partial charge >= 0.3 is 11.7 Å². The lowest BCUT2D eigenvalue weighted by atomic mass is 9.90. The van der Waals surface area contributed by atoms with Crippen molar-refractivity contribution >= 4 is 5.97 Å². The zero-order valence-electron chi connectivity index (χ0n) is 6.96. The minimum absolute atomic E-state index is 0.240. The van der Waals surface area contributed by atoms with E-state index in [4.69, 9.17) is 5.11 Å². The Morgan fingerprint density at radius 2 is 2.08 bits per heavy atom. The molecule has 70 valence electrons. The van der Waals surface area contributed by atoms with E-state index in [0.29, 0.717) is 19.3 Å². The molecule has 0 spiro atoms. The van der Waals surface area contributed by atoms with Crippen LogP contribution in [-0.4, -0.2) is 21.0 Å². The number of aliphatic carboxylic acids is 1. The Morgan fingerprint density at radius 1 is 1.38 bits per heavy atom. The highest BCUT2D eigenvalue weighted by Crippen LogP contribution is 2.21. The molecule has 0 radical (unpaired) electrons. The summed E-state index contributed by atoms with van der Waals surface area (Å²) in [6.45, 7) is 0. The van der Waals surface area contributed by atoms with E-state index in [0.717, 1.165) is 11.4 Å². The van der Waals surface area contributed by atoms with Gasteiger partial charge in [0.05, 0.1) is 5.92 Å². The van der Waals surface area contributed by atoms with Crippen molar-refractivity contribution in [1.29, 1.82) is 0 Å². The quantitative estimate of drug-likeness (QED) is 0.566. The third-order valence-corrected chi connectivity index (χ3v) is 2.44. The van der Waals surface area contributed by atoms with Crippen molar-refractivity contribution in [3.05, 3.63) is 21.9 Å². The summed E-state index contributed by atoms with van der Waals surface area (Å²) in [6.07, 6.45) is 1.69. The molecule has 1 atom stereocenters. The normalized spacial score (nSPS) is 21.1. The van der Waals surface area contributed by atoms with Crippen molar-refractivity contribution in [2.75, 3.05) is 0 Å². The Bertz CT molecular complexity index is 390. The van der Waals surface area contributed by atoms with Gasteiger partial charge in [0.25, 0.3) is 0 Å². The first-order valence-electron chi connectivity index (χ1n) is 4.19. The Kier molecular flexibility index (Phi) is 1.72. The van der Waals surface area contributed by atoms with Gasteiger partial charge < -0.3 is 15.1 Å². The van der Waals surface area contributed by atoms with Crippen LogP contribution in [0.15, 0.2) is 4.79 Å². The predicted molar refractivity (Wildman–Crippen MR) is 44.6 cm³/mol. The van der Waals surface area contributed by atoms with Crippen LogP contribution in [0.4, 0.5) is 0 Å². The number of aryl methyl sites for hydroxylation is 1. The van der Waals surface area contributed by atoms with Crippen LogP contribution in [0.3, 0.4) is 0 Å². The van der Waals surface area contributed by atoms with Crippen molar-refractivity contribution in [2.24, 2.45) is 5.92 Å². The monoisotopic (exact) mass is 182 g/mol. The lowest BCUT2D eigenvalue weighted by Gasteiger charge is -2.16. The number of H-pyrrole nitrogens is 2. The van der Waals surface area contributed by atoms with Crippen LogP contribution >= 0.6 is 0 Å². The smallest absolute Gasteiger partial charge is 0.323 e. The number of hydrogen-bond acceptors (Lipinski definition) is 2. The number of carbonyl (C=O) groups is 1. The van der Waals surface area contributed by atoms with Gasteiger partial charge in [-0.15, -0.1) is 0 Å². The molecule has 1 unspecified atom stereocenters. The number of rotatable bonds is 1. The molecule has 5 nitrogen and oxygen atoms in total. The van der Waals surface area contributed by atoms with Crippen LogP contribution < -0.4 is 5.69 Å². The summed E-state index contributed by atoms with van der Waals surface area (Å²) < 4.78 is 0. The van der Waals surface area contributed by atoms with Crippen molar-refractivity contribution < 1.29 is 9.90 Å². The first-order chi connectivity index (χ1) is 6.16. The summed E-state index contributed by atoms with van der Waals surface area (Å²) in [4.78, 5) is 26.8. The average Bonchev–Trinajstić information content (AvgIpc) is 2.42. The van der Waals surface area contributed by atoms with Gasteiger partial charge in [-0.05, 0) is 12.8 Å². The lowest BCUT2D eigenvalue weighted by Crippen LogP contribution is -2.22. The standard InChI is InChI=1S/C8H10N2O3/c11-7(12)4-1-2-5-6(3-4)10-8(13)9-5/h4H,1-3H2,(H,11,12)(H2,9,10,13). The molecule has 0 saturated heterocycles. The van der Waals surface area contributed by atoms with Crippen LogP contribution in [0.25, 0.3) is 0 Å². The van der Waals surface area contributed by atoms with Gasteiger partial charge in [-0.3, -0.25) is 4.79 Å². The minimum Gasteiger partial charge on any atom is -0.481 e. The van der Waals surface area contributed by atoms with E-state index in [1.165, 1.54) is 0 Å². The summed E-state index contributed by atoms with van der Waals surface area (Å²) in [7, 11) is 0. The molecule has 13 heavy (non-hydrogen) atoms. The number of nitrogens with one attached hydrogen (secondary N) is 2. The second-order valence-electron chi connectivity index (χ2n) is 3.31. The summed E-state index contributed by atoms with van der Waals surface area (Å²) in [5, 5.41) is 8.77. The maximum atomic E-state index is 10.9. The number of fused-ring (bicyclic) bond motifs is 1. The largest absolute Gasteiger partial charge is 0.481 e. The second kappa shape index (κ2) is 2.76. The highest BCUT2D eigenvalue weighted by atomic mass is 16.4. The van der Waals surface area contributed by atoms with E-state index in [1.54, 1.807) is 0 Å². The fraction of sp³-hybridized carbons (Fsp3) is 0.500. The van der Waals surface area contributed by atoms with Crippen molar-refractivity contribution in [3.8, 4) is 0 Å². The molecule has 3 N–H and O–H groups in total. The van der Waals surface area contributed by atoms with Gasteiger partial charge in [-0.2, -0.15) is 0 Å². The number of carboxylic acids is 1. The van der Waals surface area contributed by atoms with Gasteiger partial charge in [0.2, 0.25) is 0 Å².